The third-order valence-electron chi connectivity index (χ3n) is 1.97. The standard InChI is InChI=1S/C10H10N4O2/c1-2-3-4-5-6-11-7-8(12-6)13-10(16)14-9(7)15/h2-3H2,1H3,(H3,11,12,13,14,15,16). The summed E-state index contributed by atoms with van der Waals surface area (Å²) < 4.78 is 0. The molecule has 0 spiro atoms. The van der Waals surface area contributed by atoms with Gasteiger partial charge in [-0.25, -0.2) is 9.78 Å². The smallest absolute Gasteiger partial charge is 0.325 e. The predicted molar refractivity (Wildman–Crippen MR) is 59.1 cm³/mol. The molecule has 2 aromatic rings. The molecule has 3 N–H and O–H groups in total. The summed E-state index contributed by atoms with van der Waals surface area (Å²) in [5, 5.41) is 0. The van der Waals surface area contributed by atoms with Crippen LogP contribution in [-0.2, 0) is 0 Å². The van der Waals surface area contributed by atoms with Gasteiger partial charge in [0.1, 0.15) is 5.52 Å². The Hall–Kier alpha value is -2.29. The van der Waals surface area contributed by atoms with Gasteiger partial charge in [-0.1, -0.05) is 12.8 Å². The molecule has 6 nitrogen and oxygen atoms in total. The third kappa shape index (κ3) is 1.88. The SMILES string of the molecule is CCCC#Cc1nc2[nH]c(=O)[nH]c(=O)c2[nH]1. The molecule has 0 saturated carbocycles. The number of unbranched alkanes of at least 4 members (excludes halogenated alkanes) is 1. The molecule has 6 heteroatoms. The van der Waals surface area contributed by atoms with Crippen LogP contribution in [0.2, 0.25) is 0 Å². The Labute approximate surface area is 90.1 Å². The second-order valence-corrected chi connectivity index (χ2v) is 3.27. The number of fused-ring (bicyclic) bond motifs is 1. The van der Waals surface area contributed by atoms with Crippen LogP contribution in [0.5, 0.6) is 0 Å². The molecule has 2 rings (SSSR count). The number of rotatable bonds is 1. The van der Waals surface area contributed by atoms with Crippen LogP contribution in [0.25, 0.3) is 11.2 Å². The lowest BCUT2D eigenvalue weighted by Gasteiger charge is -1.83. The zero-order chi connectivity index (χ0) is 11.5. The minimum atomic E-state index is -0.572. The van der Waals surface area contributed by atoms with E-state index in [2.05, 4.69) is 31.8 Å². The van der Waals surface area contributed by atoms with Gasteiger partial charge in [-0.05, 0) is 12.3 Å². The number of hydrogen-bond donors (Lipinski definition) is 3. The first-order valence-corrected chi connectivity index (χ1v) is 4.92. The number of imidazole rings is 1. The minimum absolute atomic E-state index is 0.231. The van der Waals surface area contributed by atoms with Crippen molar-refractivity contribution >= 4 is 11.2 Å². The maximum atomic E-state index is 11.3. The van der Waals surface area contributed by atoms with Gasteiger partial charge in [0.25, 0.3) is 5.56 Å². The highest BCUT2D eigenvalue weighted by molar-refractivity contribution is 5.69. The molecule has 0 aliphatic heterocycles. The number of nitrogens with one attached hydrogen (secondary N) is 3. The number of hydrogen-bond acceptors (Lipinski definition) is 3. The van der Waals surface area contributed by atoms with E-state index in [1.807, 2.05) is 6.92 Å². The zero-order valence-corrected chi connectivity index (χ0v) is 8.68. The molecular weight excluding hydrogens is 208 g/mol. The lowest BCUT2D eigenvalue weighted by atomic mass is 10.3. The van der Waals surface area contributed by atoms with Crippen molar-refractivity contribution in [2.45, 2.75) is 19.8 Å². The first kappa shape index (κ1) is 10.2. The second kappa shape index (κ2) is 4.06. The molecule has 0 unspecified atom stereocenters. The van der Waals surface area contributed by atoms with Crippen molar-refractivity contribution in [3.8, 4) is 11.8 Å². The quantitative estimate of drug-likeness (QED) is 0.592. The van der Waals surface area contributed by atoms with Gasteiger partial charge in [-0.3, -0.25) is 14.8 Å². The Morgan fingerprint density at radius 2 is 2.06 bits per heavy atom. The Kier molecular flexibility index (Phi) is 2.60. The fraction of sp³-hybridized carbons (Fsp3) is 0.300. The molecule has 16 heavy (non-hydrogen) atoms. The molecule has 0 aromatic carbocycles. The average Bonchev–Trinajstić information content (AvgIpc) is 2.61. The molecule has 0 atom stereocenters. The predicted octanol–water partition coefficient (Wildman–Crippen LogP) is 0.0911. The van der Waals surface area contributed by atoms with E-state index in [1.54, 1.807) is 0 Å². The van der Waals surface area contributed by atoms with E-state index in [9.17, 15) is 9.59 Å². The van der Waals surface area contributed by atoms with E-state index in [4.69, 9.17) is 0 Å². The largest absolute Gasteiger partial charge is 0.327 e. The maximum absolute atomic E-state index is 11.3. The summed E-state index contributed by atoms with van der Waals surface area (Å²) >= 11 is 0. The van der Waals surface area contributed by atoms with Crippen LogP contribution in [-0.4, -0.2) is 19.9 Å². The molecular formula is C10H10N4O2. The lowest BCUT2D eigenvalue weighted by molar-refractivity contribution is 0.982. The van der Waals surface area contributed by atoms with E-state index in [0.717, 1.165) is 12.8 Å². The summed E-state index contributed by atoms with van der Waals surface area (Å²) in [6.07, 6.45) is 1.73. The van der Waals surface area contributed by atoms with Gasteiger partial charge in [0, 0.05) is 6.42 Å². The topological polar surface area (TPSA) is 94.4 Å². The molecule has 0 saturated heterocycles. The second-order valence-electron chi connectivity index (χ2n) is 3.27. The molecule has 0 bridgehead atoms. The highest BCUT2D eigenvalue weighted by atomic mass is 16.2. The Balaban J connectivity index is 2.54. The van der Waals surface area contributed by atoms with E-state index in [1.165, 1.54) is 0 Å². The lowest BCUT2D eigenvalue weighted by Crippen LogP contribution is -2.21. The first-order chi connectivity index (χ1) is 7.70. The fourth-order valence-electron chi connectivity index (χ4n) is 1.26. The number of H-pyrrole nitrogens is 3. The van der Waals surface area contributed by atoms with Gasteiger partial charge in [-0.15, -0.1) is 0 Å². The molecule has 0 aliphatic carbocycles. The molecule has 0 radical (unpaired) electrons. The molecule has 2 heterocycles. The summed E-state index contributed by atoms with van der Waals surface area (Å²) in [5.41, 5.74) is -0.596. The van der Waals surface area contributed by atoms with Gasteiger partial charge in [-0.2, -0.15) is 0 Å². The number of nitrogens with zero attached hydrogens (tertiary/aromatic N) is 1. The van der Waals surface area contributed by atoms with Crippen LogP contribution in [0, 0.1) is 11.8 Å². The van der Waals surface area contributed by atoms with E-state index in [-0.39, 0.29) is 11.2 Å². The van der Waals surface area contributed by atoms with Crippen LogP contribution >= 0.6 is 0 Å². The van der Waals surface area contributed by atoms with Gasteiger partial charge in [0.15, 0.2) is 11.5 Å². The van der Waals surface area contributed by atoms with Gasteiger partial charge < -0.3 is 4.98 Å². The van der Waals surface area contributed by atoms with Crippen LogP contribution in [0.4, 0.5) is 0 Å². The number of aromatic nitrogens is 4. The zero-order valence-electron chi connectivity index (χ0n) is 8.68. The van der Waals surface area contributed by atoms with Crippen LogP contribution in [0.1, 0.15) is 25.6 Å². The van der Waals surface area contributed by atoms with Crippen molar-refractivity contribution in [3.63, 3.8) is 0 Å². The molecule has 0 fully saturated rings. The van der Waals surface area contributed by atoms with E-state index >= 15 is 0 Å². The highest BCUT2D eigenvalue weighted by Gasteiger charge is 2.05. The van der Waals surface area contributed by atoms with E-state index in [0.29, 0.717) is 5.82 Å². The Bertz CT molecular complexity index is 680. The molecule has 82 valence electrons. The van der Waals surface area contributed by atoms with Crippen molar-refractivity contribution in [2.75, 3.05) is 0 Å². The summed E-state index contributed by atoms with van der Waals surface area (Å²) in [6.45, 7) is 2.02. The van der Waals surface area contributed by atoms with Crippen molar-refractivity contribution in [1.82, 2.24) is 19.9 Å². The Morgan fingerprint density at radius 1 is 1.25 bits per heavy atom. The monoisotopic (exact) mass is 218 g/mol. The van der Waals surface area contributed by atoms with Gasteiger partial charge in [0.2, 0.25) is 0 Å². The Morgan fingerprint density at radius 3 is 2.81 bits per heavy atom. The van der Waals surface area contributed by atoms with Crippen molar-refractivity contribution in [1.29, 1.82) is 0 Å². The van der Waals surface area contributed by atoms with Gasteiger partial charge in [0.05, 0.1) is 0 Å². The normalized spacial score (nSPS) is 10.1. The minimum Gasteiger partial charge on any atom is -0.325 e. The van der Waals surface area contributed by atoms with Crippen LogP contribution in [0.3, 0.4) is 0 Å². The fourth-order valence-corrected chi connectivity index (χ4v) is 1.26. The van der Waals surface area contributed by atoms with Crippen molar-refractivity contribution in [3.05, 3.63) is 26.7 Å². The van der Waals surface area contributed by atoms with E-state index < -0.39 is 11.2 Å². The summed E-state index contributed by atoms with van der Waals surface area (Å²) in [6, 6.07) is 0. The summed E-state index contributed by atoms with van der Waals surface area (Å²) in [4.78, 5) is 33.6. The average molecular weight is 218 g/mol. The first-order valence-electron chi connectivity index (χ1n) is 4.92. The van der Waals surface area contributed by atoms with Crippen LogP contribution < -0.4 is 11.2 Å². The molecule has 0 aliphatic rings. The summed E-state index contributed by atoms with van der Waals surface area (Å²) in [5.74, 6) is 6.07. The molecule has 2 aromatic heterocycles. The van der Waals surface area contributed by atoms with Crippen molar-refractivity contribution in [2.24, 2.45) is 0 Å². The summed E-state index contributed by atoms with van der Waals surface area (Å²) in [7, 11) is 0. The van der Waals surface area contributed by atoms with Crippen molar-refractivity contribution < 1.29 is 0 Å². The number of aromatic amines is 3. The highest BCUT2D eigenvalue weighted by Crippen LogP contribution is 1.99. The third-order valence-corrected chi connectivity index (χ3v) is 1.97. The molecule has 0 amide bonds. The maximum Gasteiger partial charge on any atom is 0.327 e. The van der Waals surface area contributed by atoms with Gasteiger partial charge >= 0.3 is 5.69 Å². The van der Waals surface area contributed by atoms with Crippen LogP contribution in [0.15, 0.2) is 9.59 Å².